The van der Waals surface area contributed by atoms with Gasteiger partial charge >= 0.3 is 0 Å². The van der Waals surface area contributed by atoms with Crippen molar-refractivity contribution < 1.29 is 0 Å². The van der Waals surface area contributed by atoms with Crippen LogP contribution in [0.4, 0.5) is 5.82 Å². The minimum Gasteiger partial charge on any atom is -0.381 e. The molecule has 16 heavy (non-hydrogen) atoms. The molecular weight excluding hydrogens is 268 g/mol. The molecule has 0 aliphatic rings. The van der Waals surface area contributed by atoms with Crippen molar-refractivity contribution in [3.05, 3.63) is 46.6 Å². The van der Waals surface area contributed by atoms with Crippen LogP contribution in [0, 0.1) is 11.8 Å². The van der Waals surface area contributed by atoms with Gasteiger partial charge in [-0.1, -0.05) is 5.92 Å². The molecule has 0 saturated heterocycles. The van der Waals surface area contributed by atoms with Gasteiger partial charge in [0.1, 0.15) is 4.60 Å². The number of halogens is 1. The number of pyridine rings is 1. The smallest absolute Gasteiger partial charge is 0.158 e. The van der Waals surface area contributed by atoms with Gasteiger partial charge in [0.15, 0.2) is 11.5 Å². The van der Waals surface area contributed by atoms with Gasteiger partial charge in [0.05, 0.1) is 6.20 Å². The van der Waals surface area contributed by atoms with Gasteiger partial charge in [0.2, 0.25) is 0 Å². The van der Waals surface area contributed by atoms with Crippen LogP contribution in [0.1, 0.15) is 11.3 Å². The summed E-state index contributed by atoms with van der Waals surface area (Å²) < 4.78 is 0.612. The third-order valence-electron chi connectivity index (χ3n) is 1.78. The highest BCUT2D eigenvalue weighted by atomic mass is 79.9. The molecule has 0 aliphatic carbocycles. The second kappa shape index (κ2) is 4.73. The van der Waals surface area contributed by atoms with Crippen molar-refractivity contribution in [3.8, 4) is 11.8 Å². The molecule has 2 rings (SSSR count). The lowest BCUT2D eigenvalue weighted by Crippen LogP contribution is -1.97. The van der Waals surface area contributed by atoms with Crippen LogP contribution in [0.15, 0.2) is 35.3 Å². The van der Waals surface area contributed by atoms with Crippen molar-refractivity contribution in [2.45, 2.75) is 0 Å². The Bertz CT molecular complexity index is 557. The second-order valence-electron chi connectivity index (χ2n) is 2.91. The molecule has 0 spiro atoms. The minimum atomic E-state index is 0.324. The number of nitrogen functional groups attached to an aromatic ring is 1. The van der Waals surface area contributed by atoms with E-state index < -0.39 is 0 Å². The summed E-state index contributed by atoms with van der Waals surface area (Å²) in [6, 6.07) is 3.63. The molecule has 0 radical (unpaired) electrons. The van der Waals surface area contributed by atoms with Crippen LogP contribution in [0.3, 0.4) is 0 Å². The molecule has 0 aromatic carbocycles. The quantitative estimate of drug-likeness (QED) is 0.742. The average molecular weight is 275 g/mol. The van der Waals surface area contributed by atoms with Gasteiger partial charge in [-0.05, 0) is 34.0 Å². The fourth-order valence-electron chi connectivity index (χ4n) is 1.04. The molecule has 0 fully saturated rings. The van der Waals surface area contributed by atoms with Crippen LogP contribution in [0.25, 0.3) is 0 Å². The van der Waals surface area contributed by atoms with E-state index in [1.54, 1.807) is 12.4 Å². The van der Waals surface area contributed by atoms with Crippen LogP contribution in [0.2, 0.25) is 0 Å². The zero-order valence-electron chi connectivity index (χ0n) is 8.18. The summed E-state index contributed by atoms with van der Waals surface area (Å²) in [5.74, 6) is 6.12. The highest BCUT2D eigenvalue weighted by Gasteiger charge is 1.98. The van der Waals surface area contributed by atoms with E-state index in [-0.39, 0.29) is 0 Å². The van der Waals surface area contributed by atoms with Gasteiger partial charge < -0.3 is 5.73 Å². The van der Waals surface area contributed by atoms with Crippen molar-refractivity contribution in [2.75, 3.05) is 5.73 Å². The average Bonchev–Trinajstić information content (AvgIpc) is 2.32. The topological polar surface area (TPSA) is 64.7 Å². The van der Waals surface area contributed by atoms with Gasteiger partial charge in [-0.25, -0.2) is 9.97 Å². The van der Waals surface area contributed by atoms with Gasteiger partial charge in [-0.3, -0.25) is 4.98 Å². The number of hydrogen-bond acceptors (Lipinski definition) is 4. The minimum absolute atomic E-state index is 0.324. The van der Waals surface area contributed by atoms with Gasteiger partial charge in [-0.2, -0.15) is 0 Å². The summed E-state index contributed by atoms with van der Waals surface area (Å²) in [6.07, 6.45) is 4.90. The van der Waals surface area contributed by atoms with E-state index in [1.807, 2.05) is 12.1 Å². The molecule has 0 amide bonds. The lowest BCUT2D eigenvalue weighted by molar-refractivity contribution is 1.15. The maximum absolute atomic E-state index is 5.64. The van der Waals surface area contributed by atoms with E-state index in [4.69, 9.17) is 5.73 Å². The first-order chi connectivity index (χ1) is 7.75. The Kier molecular flexibility index (Phi) is 3.13. The first-order valence-electron chi connectivity index (χ1n) is 4.46. The molecule has 0 bridgehead atoms. The van der Waals surface area contributed by atoms with Crippen LogP contribution in [-0.2, 0) is 0 Å². The third-order valence-corrected chi connectivity index (χ3v) is 2.16. The molecule has 78 valence electrons. The molecule has 5 heteroatoms. The predicted octanol–water partition coefficient (Wildman–Crippen LogP) is 1.62. The van der Waals surface area contributed by atoms with E-state index in [1.165, 1.54) is 6.20 Å². The molecule has 0 aliphatic heterocycles. The van der Waals surface area contributed by atoms with E-state index >= 15 is 0 Å². The zero-order valence-corrected chi connectivity index (χ0v) is 9.77. The predicted molar refractivity (Wildman–Crippen MR) is 64.4 cm³/mol. The molecule has 2 aromatic rings. The van der Waals surface area contributed by atoms with E-state index in [0.29, 0.717) is 16.1 Å². The van der Waals surface area contributed by atoms with Crippen LogP contribution in [-0.4, -0.2) is 15.0 Å². The molecule has 2 N–H and O–H groups in total. The SMILES string of the molecule is Nc1ncc(Br)nc1C#Cc1ccncc1. The first-order valence-corrected chi connectivity index (χ1v) is 5.25. The summed E-state index contributed by atoms with van der Waals surface area (Å²) in [5, 5.41) is 0. The van der Waals surface area contributed by atoms with Crippen molar-refractivity contribution in [1.82, 2.24) is 15.0 Å². The van der Waals surface area contributed by atoms with E-state index in [9.17, 15) is 0 Å². The summed E-state index contributed by atoms with van der Waals surface area (Å²) in [4.78, 5) is 12.0. The molecule has 2 heterocycles. The van der Waals surface area contributed by atoms with Crippen molar-refractivity contribution in [2.24, 2.45) is 0 Å². The van der Waals surface area contributed by atoms with Crippen LogP contribution < -0.4 is 5.73 Å². The Hall–Kier alpha value is -1.93. The Labute approximate surface area is 101 Å². The van der Waals surface area contributed by atoms with Crippen molar-refractivity contribution in [3.63, 3.8) is 0 Å². The highest BCUT2D eigenvalue weighted by Crippen LogP contribution is 2.09. The number of rotatable bonds is 0. The monoisotopic (exact) mass is 274 g/mol. The Morgan fingerprint density at radius 1 is 1.19 bits per heavy atom. The van der Waals surface area contributed by atoms with Crippen molar-refractivity contribution in [1.29, 1.82) is 0 Å². The summed E-state index contributed by atoms with van der Waals surface area (Å²) in [5.41, 5.74) is 6.97. The normalized spacial score (nSPS) is 9.31. The number of nitrogens with two attached hydrogens (primary N) is 1. The molecule has 2 aromatic heterocycles. The Balaban J connectivity index is 2.34. The zero-order chi connectivity index (χ0) is 11.4. The number of anilines is 1. The summed E-state index contributed by atoms with van der Waals surface area (Å²) >= 11 is 3.22. The summed E-state index contributed by atoms with van der Waals surface area (Å²) in [6.45, 7) is 0. The fraction of sp³-hybridized carbons (Fsp3) is 0. The van der Waals surface area contributed by atoms with Crippen molar-refractivity contribution >= 4 is 21.7 Å². The highest BCUT2D eigenvalue weighted by molar-refractivity contribution is 9.10. The van der Waals surface area contributed by atoms with E-state index in [0.717, 1.165) is 5.56 Å². The lowest BCUT2D eigenvalue weighted by atomic mass is 10.2. The van der Waals surface area contributed by atoms with Crippen LogP contribution in [0.5, 0.6) is 0 Å². The Morgan fingerprint density at radius 2 is 1.94 bits per heavy atom. The standard InChI is InChI=1S/C11H7BrN4/c12-10-7-15-11(13)9(16-10)2-1-8-3-5-14-6-4-8/h3-7H,(H2,13,15). The number of nitrogens with zero attached hydrogens (tertiary/aromatic N) is 3. The number of aromatic nitrogens is 3. The van der Waals surface area contributed by atoms with Crippen LogP contribution >= 0.6 is 15.9 Å². The molecule has 0 unspecified atom stereocenters. The second-order valence-corrected chi connectivity index (χ2v) is 3.72. The van der Waals surface area contributed by atoms with E-state index in [2.05, 4.69) is 42.7 Å². The first kappa shape index (κ1) is 10.6. The maximum atomic E-state index is 5.64. The number of hydrogen-bond donors (Lipinski definition) is 1. The molecular formula is C11H7BrN4. The lowest BCUT2D eigenvalue weighted by Gasteiger charge is -1.95. The molecule has 0 saturated carbocycles. The molecule has 0 atom stereocenters. The summed E-state index contributed by atoms with van der Waals surface area (Å²) in [7, 11) is 0. The largest absolute Gasteiger partial charge is 0.381 e. The third kappa shape index (κ3) is 2.55. The van der Waals surface area contributed by atoms with Gasteiger partial charge in [0.25, 0.3) is 0 Å². The molecule has 4 nitrogen and oxygen atoms in total. The Morgan fingerprint density at radius 3 is 2.69 bits per heavy atom. The maximum Gasteiger partial charge on any atom is 0.158 e. The fourth-order valence-corrected chi connectivity index (χ4v) is 1.32. The van der Waals surface area contributed by atoms with Gasteiger partial charge in [0, 0.05) is 18.0 Å². The van der Waals surface area contributed by atoms with Gasteiger partial charge in [-0.15, -0.1) is 0 Å².